The third kappa shape index (κ3) is 0.830. The Labute approximate surface area is 68.0 Å². The molecule has 1 N–H and O–H groups in total. The topological polar surface area (TPSA) is 32.9 Å². The van der Waals surface area contributed by atoms with Crippen LogP contribution in [-0.4, -0.2) is 11.3 Å². The molecule has 1 heterocycles. The normalized spacial score (nSPS) is 10.4. The lowest BCUT2D eigenvalue weighted by Crippen LogP contribution is -1.87. The first kappa shape index (κ1) is 7.03. The highest BCUT2D eigenvalue weighted by atomic mass is 19.1. The molecule has 0 fully saturated rings. The fourth-order valence-electron chi connectivity index (χ4n) is 1.20. The first-order valence-corrected chi connectivity index (χ1v) is 3.53. The van der Waals surface area contributed by atoms with E-state index in [1.165, 1.54) is 6.07 Å². The highest BCUT2D eigenvalue weighted by Gasteiger charge is 2.05. The molecule has 0 aliphatic heterocycles. The second-order valence-corrected chi connectivity index (χ2v) is 2.53. The zero-order valence-electron chi connectivity index (χ0n) is 6.17. The van der Waals surface area contributed by atoms with Gasteiger partial charge in [0.1, 0.15) is 0 Å². The summed E-state index contributed by atoms with van der Waals surface area (Å²) in [6.45, 7) is 0. The van der Waals surface area contributed by atoms with Crippen LogP contribution in [0.25, 0.3) is 10.9 Å². The van der Waals surface area contributed by atoms with Gasteiger partial charge in [-0.2, -0.15) is 0 Å². The summed E-state index contributed by atoms with van der Waals surface area (Å²) in [7, 11) is 0. The molecule has 2 rings (SSSR count). The average Bonchev–Trinajstić information content (AvgIpc) is 2.53. The van der Waals surface area contributed by atoms with Crippen molar-refractivity contribution in [1.82, 2.24) is 4.98 Å². The van der Waals surface area contributed by atoms with Gasteiger partial charge in [-0.1, -0.05) is 6.07 Å². The predicted octanol–water partition coefficient (Wildman–Crippen LogP) is 2.12. The largest absolute Gasteiger partial charge is 0.359 e. The van der Waals surface area contributed by atoms with E-state index in [2.05, 4.69) is 4.98 Å². The van der Waals surface area contributed by atoms with Crippen molar-refractivity contribution in [1.29, 1.82) is 0 Å². The molecule has 3 heteroatoms. The summed E-state index contributed by atoms with van der Waals surface area (Å²) in [6, 6.07) is 4.93. The molecule has 12 heavy (non-hydrogen) atoms. The van der Waals surface area contributed by atoms with Gasteiger partial charge in [-0.3, -0.25) is 4.79 Å². The van der Waals surface area contributed by atoms with Crippen LogP contribution in [0.1, 0.15) is 10.4 Å². The third-order valence-electron chi connectivity index (χ3n) is 1.82. The average molecular weight is 163 g/mol. The van der Waals surface area contributed by atoms with Crippen molar-refractivity contribution in [2.45, 2.75) is 0 Å². The Kier molecular flexibility index (Phi) is 1.43. The van der Waals surface area contributed by atoms with E-state index in [0.29, 0.717) is 11.8 Å². The summed E-state index contributed by atoms with van der Waals surface area (Å²) in [5.41, 5.74) is 0.476. The van der Waals surface area contributed by atoms with Crippen LogP contribution in [0.5, 0.6) is 0 Å². The van der Waals surface area contributed by atoms with E-state index in [1.54, 1.807) is 18.3 Å². The van der Waals surface area contributed by atoms with Gasteiger partial charge in [0.2, 0.25) is 0 Å². The molecule has 60 valence electrons. The van der Waals surface area contributed by atoms with Gasteiger partial charge < -0.3 is 4.98 Å². The maximum atomic E-state index is 13.2. The Balaban J connectivity index is 2.86. The Morgan fingerprint density at radius 2 is 2.17 bits per heavy atom. The zero-order chi connectivity index (χ0) is 8.55. The Morgan fingerprint density at radius 3 is 2.92 bits per heavy atom. The van der Waals surface area contributed by atoms with Crippen LogP contribution in [-0.2, 0) is 0 Å². The van der Waals surface area contributed by atoms with Crippen molar-refractivity contribution >= 4 is 17.2 Å². The third-order valence-corrected chi connectivity index (χ3v) is 1.82. The van der Waals surface area contributed by atoms with E-state index < -0.39 is 5.82 Å². The number of H-pyrrole nitrogens is 1. The summed E-state index contributed by atoms with van der Waals surface area (Å²) in [5, 5.41) is 0.776. The van der Waals surface area contributed by atoms with E-state index >= 15 is 0 Å². The van der Waals surface area contributed by atoms with Gasteiger partial charge in [0, 0.05) is 11.6 Å². The summed E-state index contributed by atoms with van der Waals surface area (Å²) in [6.07, 6.45) is 2.15. The number of aromatic amines is 1. The highest BCUT2D eigenvalue weighted by Crippen LogP contribution is 2.17. The van der Waals surface area contributed by atoms with Crippen LogP contribution in [0.2, 0.25) is 0 Å². The Morgan fingerprint density at radius 1 is 1.33 bits per heavy atom. The minimum atomic E-state index is -0.479. The smallest absolute Gasteiger partial charge is 0.157 e. The summed E-state index contributed by atoms with van der Waals surface area (Å²) in [5.74, 6) is -0.479. The second kappa shape index (κ2) is 2.44. The SMILES string of the molecule is O=Cc1ccc2cc[nH]c2c1F. The van der Waals surface area contributed by atoms with Gasteiger partial charge in [0.25, 0.3) is 0 Å². The van der Waals surface area contributed by atoms with Gasteiger partial charge in [-0.05, 0) is 12.1 Å². The molecule has 2 nitrogen and oxygen atoms in total. The van der Waals surface area contributed by atoms with Gasteiger partial charge >= 0.3 is 0 Å². The number of nitrogens with one attached hydrogen (secondary N) is 1. The number of hydrogen-bond donors (Lipinski definition) is 1. The lowest BCUT2D eigenvalue weighted by atomic mass is 10.2. The lowest BCUT2D eigenvalue weighted by molar-refractivity contribution is 0.112. The summed E-state index contributed by atoms with van der Waals surface area (Å²) >= 11 is 0. The molecule has 0 aliphatic carbocycles. The second-order valence-electron chi connectivity index (χ2n) is 2.53. The number of halogens is 1. The van der Waals surface area contributed by atoms with Gasteiger partial charge in [-0.25, -0.2) is 4.39 Å². The van der Waals surface area contributed by atoms with Crippen LogP contribution >= 0.6 is 0 Å². The minimum Gasteiger partial charge on any atom is -0.359 e. The fraction of sp³-hybridized carbons (Fsp3) is 0. The highest BCUT2D eigenvalue weighted by molar-refractivity contribution is 5.87. The van der Waals surface area contributed by atoms with Crippen LogP contribution in [0.4, 0.5) is 4.39 Å². The number of rotatable bonds is 1. The van der Waals surface area contributed by atoms with E-state index in [0.717, 1.165) is 5.39 Å². The Hall–Kier alpha value is -1.64. The number of benzene rings is 1. The molecule has 2 aromatic rings. The van der Waals surface area contributed by atoms with Gasteiger partial charge in [0.05, 0.1) is 11.1 Å². The number of aromatic nitrogens is 1. The van der Waals surface area contributed by atoms with E-state index in [4.69, 9.17) is 0 Å². The zero-order valence-corrected chi connectivity index (χ0v) is 6.17. The standard InChI is InChI=1S/C9H6FNO/c10-8-7(5-12)2-1-6-3-4-11-9(6)8/h1-5,11H. The summed E-state index contributed by atoms with van der Waals surface area (Å²) in [4.78, 5) is 13.1. The minimum absolute atomic E-state index is 0.0879. The van der Waals surface area contributed by atoms with Crippen LogP contribution in [0.3, 0.4) is 0 Å². The molecule has 0 saturated carbocycles. The first-order valence-electron chi connectivity index (χ1n) is 3.53. The predicted molar refractivity (Wildman–Crippen MR) is 43.6 cm³/mol. The van der Waals surface area contributed by atoms with Crippen LogP contribution in [0, 0.1) is 5.82 Å². The lowest BCUT2D eigenvalue weighted by Gasteiger charge is -1.94. The monoisotopic (exact) mass is 163 g/mol. The Bertz CT molecular complexity index is 433. The molecular formula is C9H6FNO. The van der Waals surface area contributed by atoms with Crippen molar-refractivity contribution in [3.63, 3.8) is 0 Å². The van der Waals surface area contributed by atoms with Crippen molar-refractivity contribution < 1.29 is 9.18 Å². The number of aldehydes is 1. The maximum absolute atomic E-state index is 13.2. The molecule has 0 aliphatic rings. The molecule has 0 bridgehead atoms. The first-order chi connectivity index (χ1) is 5.83. The maximum Gasteiger partial charge on any atom is 0.157 e. The molecule has 1 aromatic heterocycles. The van der Waals surface area contributed by atoms with Crippen molar-refractivity contribution in [3.8, 4) is 0 Å². The van der Waals surface area contributed by atoms with Crippen molar-refractivity contribution in [2.24, 2.45) is 0 Å². The molecular weight excluding hydrogens is 157 g/mol. The fourth-order valence-corrected chi connectivity index (χ4v) is 1.20. The number of carbonyl (C=O) groups is 1. The molecule has 0 spiro atoms. The molecule has 0 unspecified atom stereocenters. The van der Waals surface area contributed by atoms with Crippen LogP contribution < -0.4 is 0 Å². The van der Waals surface area contributed by atoms with E-state index in [1.807, 2.05) is 0 Å². The van der Waals surface area contributed by atoms with Crippen LogP contribution in [0.15, 0.2) is 24.4 Å². The summed E-state index contributed by atoms with van der Waals surface area (Å²) < 4.78 is 13.2. The molecule has 0 radical (unpaired) electrons. The van der Waals surface area contributed by atoms with Gasteiger partial charge in [-0.15, -0.1) is 0 Å². The molecule has 1 aromatic carbocycles. The molecule has 0 amide bonds. The van der Waals surface area contributed by atoms with E-state index in [9.17, 15) is 9.18 Å². The molecule has 0 atom stereocenters. The number of hydrogen-bond acceptors (Lipinski definition) is 1. The van der Waals surface area contributed by atoms with Gasteiger partial charge in [0.15, 0.2) is 12.1 Å². The van der Waals surface area contributed by atoms with Crippen molar-refractivity contribution in [2.75, 3.05) is 0 Å². The number of carbonyl (C=O) groups excluding carboxylic acids is 1. The molecule has 0 saturated heterocycles. The number of fused-ring (bicyclic) bond motifs is 1. The quantitative estimate of drug-likeness (QED) is 0.641. The van der Waals surface area contributed by atoms with E-state index in [-0.39, 0.29) is 5.56 Å². The van der Waals surface area contributed by atoms with Crippen molar-refractivity contribution in [3.05, 3.63) is 35.8 Å².